The van der Waals surface area contributed by atoms with Crippen molar-refractivity contribution in [3.8, 4) is 0 Å². The van der Waals surface area contributed by atoms with Gasteiger partial charge in [0, 0.05) is 0 Å². The molecule has 0 amide bonds. The summed E-state index contributed by atoms with van der Waals surface area (Å²) in [7, 11) is 0. The zero-order chi connectivity index (χ0) is 7.65. The lowest BCUT2D eigenvalue weighted by atomic mass is 10.6. The molecule has 0 nitrogen and oxygen atoms in total. The van der Waals surface area contributed by atoms with Crippen LogP contribution in [0.3, 0.4) is 0 Å². The van der Waals surface area contributed by atoms with Gasteiger partial charge in [0.25, 0.3) is 0 Å². The monoisotopic (exact) mass is 178 g/mol. The first kappa shape index (κ1) is 9.16. The molecule has 6 heteroatoms. The van der Waals surface area contributed by atoms with Crippen LogP contribution in [0.15, 0.2) is 10.1 Å². The lowest BCUT2D eigenvalue weighted by Gasteiger charge is -2.01. The average molecular weight is 178 g/mol. The Hall–Kier alpha value is 0.160. The Labute approximate surface area is 59.8 Å². The molecule has 0 unspecified atom stereocenters. The smallest absolute Gasteiger partial charge is 0.200 e. The SMILES string of the molecule is FC(=C(S)S)C(F)(F)F. The molecule has 54 valence electrons. The van der Waals surface area contributed by atoms with E-state index in [1.807, 2.05) is 0 Å². The van der Waals surface area contributed by atoms with E-state index in [0.29, 0.717) is 0 Å². The molecule has 0 heterocycles. The summed E-state index contributed by atoms with van der Waals surface area (Å²) in [5.74, 6) is -2.27. The highest BCUT2D eigenvalue weighted by Crippen LogP contribution is 2.31. The number of thiol groups is 2. The Bertz CT molecular complexity index is 131. The van der Waals surface area contributed by atoms with Crippen molar-refractivity contribution in [1.29, 1.82) is 0 Å². The Morgan fingerprint density at radius 3 is 1.44 bits per heavy atom. The maximum absolute atomic E-state index is 11.6. The molecule has 0 saturated carbocycles. The first-order valence-corrected chi connectivity index (χ1v) is 2.60. The Morgan fingerprint density at radius 2 is 1.44 bits per heavy atom. The van der Waals surface area contributed by atoms with Crippen LogP contribution in [0.25, 0.3) is 0 Å². The zero-order valence-electron chi connectivity index (χ0n) is 3.91. The molecule has 0 aromatic rings. The molecule has 0 aliphatic heterocycles. The van der Waals surface area contributed by atoms with Crippen molar-refractivity contribution in [1.82, 2.24) is 0 Å². The van der Waals surface area contributed by atoms with Crippen molar-refractivity contribution in [2.75, 3.05) is 0 Å². The third-order valence-corrected chi connectivity index (χ3v) is 0.838. The molecular weight excluding hydrogens is 176 g/mol. The maximum Gasteiger partial charge on any atom is 0.444 e. The van der Waals surface area contributed by atoms with Gasteiger partial charge in [-0.2, -0.15) is 17.6 Å². The first-order chi connectivity index (χ1) is 3.85. The highest BCUT2D eigenvalue weighted by molar-refractivity contribution is 8.05. The van der Waals surface area contributed by atoms with Crippen molar-refractivity contribution >= 4 is 25.3 Å². The molecule has 0 saturated heterocycles. The number of alkyl halides is 3. The van der Waals surface area contributed by atoms with Crippen LogP contribution < -0.4 is 0 Å². The van der Waals surface area contributed by atoms with Crippen LogP contribution in [0.2, 0.25) is 0 Å². The predicted molar refractivity (Wildman–Crippen MR) is 32.2 cm³/mol. The lowest BCUT2D eigenvalue weighted by Crippen LogP contribution is -2.07. The third kappa shape index (κ3) is 3.00. The molecule has 0 aliphatic rings. The standard InChI is InChI=1S/C3H2F4S2/c4-1(2(8)9)3(5,6)7/h8-9H. The summed E-state index contributed by atoms with van der Waals surface area (Å²) in [5.41, 5.74) is 0. The van der Waals surface area contributed by atoms with E-state index in [-0.39, 0.29) is 0 Å². The molecule has 0 N–H and O–H groups in total. The Balaban J connectivity index is 4.40. The first-order valence-electron chi connectivity index (χ1n) is 1.70. The molecule has 9 heavy (non-hydrogen) atoms. The van der Waals surface area contributed by atoms with E-state index in [0.717, 1.165) is 0 Å². The fourth-order valence-electron chi connectivity index (χ4n) is 0.127. The minimum absolute atomic E-state index is 0.956. The van der Waals surface area contributed by atoms with E-state index in [1.54, 1.807) is 0 Å². The fourth-order valence-corrected chi connectivity index (χ4v) is 0.380. The van der Waals surface area contributed by atoms with Crippen LogP contribution in [0, 0.1) is 0 Å². The van der Waals surface area contributed by atoms with E-state index in [4.69, 9.17) is 0 Å². The summed E-state index contributed by atoms with van der Waals surface area (Å²) < 4.78 is 44.2. The highest BCUT2D eigenvalue weighted by Gasteiger charge is 2.36. The van der Waals surface area contributed by atoms with Crippen molar-refractivity contribution < 1.29 is 17.6 Å². The van der Waals surface area contributed by atoms with Gasteiger partial charge in [0.05, 0.1) is 4.24 Å². The molecule has 0 aliphatic carbocycles. The maximum atomic E-state index is 11.6. The topological polar surface area (TPSA) is 0 Å². The number of hydrogen-bond acceptors (Lipinski definition) is 2. The summed E-state index contributed by atoms with van der Waals surface area (Å²) >= 11 is 6.07. The fraction of sp³-hybridized carbons (Fsp3) is 0.333. The van der Waals surface area contributed by atoms with Gasteiger partial charge in [-0.05, 0) is 0 Å². The van der Waals surface area contributed by atoms with Crippen LogP contribution in [0.5, 0.6) is 0 Å². The molecule has 0 fully saturated rings. The van der Waals surface area contributed by atoms with Crippen LogP contribution in [0.1, 0.15) is 0 Å². The van der Waals surface area contributed by atoms with E-state index in [1.165, 1.54) is 0 Å². The van der Waals surface area contributed by atoms with E-state index < -0.39 is 16.2 Å². The molecule has 0 aromatic carbocycles. The average Bonchev–Trinajstić information content (AvgIpc) is 1.62. The molecule has 0 radical (unpaired) electrons. The lowest BCUT2D eigenvalue weighted by molar-refractivity contribution is -0.108. The van der Waals surface area contributed by atoms with Gasteiger partial charge in [0.2, 0.25) is 5.83 Å². The van der Waals surface area contributed by atoms with Gasteiger partial charge in [-0.3, -0.25) is 0 Å². The molecular formula is C3H2F4S2. The Kier molecular flexibility index (Phi) is 2.88. The molecule has 0 aromatic heterocycles. The third-order valence-electron chi connectivity index (χ3n) is 0.445. The van der Waals surface area contributed by atoms with E-state index >= 15 is 0 Å². The van der Waals surface area contributed by atoms with Crippen LogP contribution >= 0.6 is 25.3 Å². The van der Waals surface area contributed by atoms with Crippen molar-refractivity contribution in [2.45, 2.75) is 6.18 Å². The Morgan fingerprint density at radius 1 is 1.11 bits per heavy atom. The molecule has 0 bridgehead atoms. The summed E-state index contributed by atoms with van der Waals surface area (Å²) in [6, 6.07) is 0. The summed E-state index contributed by atoms with van der Waals surface area (Å²) in [6.07, 6.45) is -4.96. The normalized spacial score (nSPS) is 11.3. The van der Waals surface area contributed by atoms with Gasteiger partial charge in [-0.15, -0.1) is 25.3 Å². The largest absolute Gasteiger partial charge is 0.444 e. The van der Waals surface area contributed by atoms with Gasteiger partial charge >= 0.3 is 6.18 Å². The molecule has 0 rings (SSSR count). The van der Waals surface area contributed by atoms with Gasteiger partial charge in [-0.25, -0.2) is 0 Å². The van der Waals surface area contributed by atoms with Gasteiger partial charge in [0.1, 0.15) is 0 Å². The second-order valence-electron chi connectivity index (χ2n) is 1.14. The van der Waals surface area contributed by atoms with E-state index in [9.17, 15) is 17.6 Å². The van der Waals surface area contributed by atoms with Crippen molar-refractivity contribution in [2.24, 2.45) is 0 Å². The molecule has 0 atom stereocenters. The second-order valence-corrected chi connectivity index (χ2v) is 2.38. The van der Waals surface area contributed by atoms with Crippen molar-refractivity contribution in [3.05, 3.63) is 10.1 Å². The number of allylic oxidation sites excluding steroid dienone is 1. The predicted octanol–water partition coefficient (Wildman–Crippen LogP) is 2.55. The van der Waals surface area contributed by atoms with Gasteiger partial charge in [-0.1, -0.05) is 0 Å². The second kappa shape index (κ2) is 2.83. The van der Waals surface area contributed by atoms with Gasteiger partial charge < -0.3 is 0 Å². The molecule has 0 spiro atoms. The van der Waals surface area contributed by atoms with Gasteiger partial charge in [0.15, 0.2) is 0 Å². The van der Waals surface area contributed by atoms with Crippen LogP contribution in [0.4, 0.5) is 17.6 Å². The highest BCUT2D eigenvalue weighted by atomic mass is 32.2. The minimum atomic E-state index is -4.96. The summed E-state index contributed by atoms with van der Waals surface area (Å²) in [5, 5.41) is 0. The summed E-state index contributed by atoms with van der Waals surface area (Å²) in [6.45, 7) is 0. The zero-order valence-corrected chi connectivity index (χ0v) is 5.70. The van der Waals surface area contributed by atoms with Crippen LogP contribution in [-0.2, 0) is 0 Å². The minimum Gasteiger partial charge on any atom is -0.200 e. The number of rotatable bonds is 0. The van der Waals surface area contributed by atoms with Crippen LogP contribution in [-0.4, -0.2) is 6.18 Å². The quantitative estimate of drug-likeness (QED) is 0.413. The van der Waals surface area contributed by atoms with E-state index in [2.05, 4.69) is 25.3 Å². The summed E-state index contributed by atoms with van der Waals surface area (Å²) in [4.78, 5) is 0. The number of halogens is 4. The van der Waals surface area contributed by atoms with Crippen molar-refractivity contribution in [3.63, 3.8) is 0 Å². The number of hydrogen-bond donors (Lipinski definition) is 2.